The van der Waals surface area contributed by atoms with Crippen LogP contribution in [0.3, 0.4) is 0 Å². The minimum atomic E-state index is -3.67. The Hall–Kier alpha value is -1.87. The van der Waals surface area contributed by atoms with Gasteiger partial charge in [-0.05, 0) is 48.6 Å². The molecule has 3 rings (SSSR count). The number of aryl methyl sites for hydroxylation is 1. The van der Waals surface area contributed by atoms with Crippen molar-refractivity contribution in [3.05, 3.63) is 59.2 Å². The number of rotatable bonds is 6. The van der Waals surface area contributed by atoms with Crippen LogP contribution in [0.15, 0.2) is 52.3 Å². The van der Waals surface area contributed by atoms with Gasteiger partial charge in [0.15, 0.2) is 0 Å². The van der Waals surface area contributed by atoms with Crippen LogP contribution in [-0.4, -0.2) is 51.3 Å². The zero-order chi connectivity index (χ0) is 20.1. The highest BCUT2D eigenvalue weighted by Gasteiger charge is 2.27. The number of thioether (sulfide) groups is 1. The molecule has 0 saturated carbocycles. The van der Waals surface area contributed by atoms with Gasteiger partial charge >= 0.3 is 5.97 Å². The van der Waals surface area contributed by atoms with Crippen LogP contribution in [0.5, 0.6) is 0 Å². The minimum absolute atomic E-state index is 0.0938. The van der Waals surface area contributed by atoms with E-state index in [0.717, 1.165) is 10.5 Å². The Kier molecular flexibility index (Phi) is 6.77. The molecule has 0 radical (unpaired) electrons. The number of ether oxygens (including phenoxy) is 2. The maximum atomic E-state index is 12.8. The zero-order valence-corrected chi connectivity index (χ0v) is 17.5. The Labute approximate surface area is 169 Å². The third kappa shape index (κ3) is 4.75. The summed E-state index contributed by atoms with van der Waals surface area (Å²) in [6, 6.07) is 12.3. The first-order valence-electron chi connectivity index (χ1n) is 8.90. The number of hydrogen-bond acceptors (Lipinski definition) is 6. The number of sulfonamides is 1. The first-order chi connectivity index (χ1) is 13.4. The van der Waals surface area contributed by atoms with Gasteiger partial charge in [0.2, 0.25) is 10.0 Å². The predicted molar refractivity (Wildman–Crippen MR) is 108 cm³/mol. The lowest BCUT2D eigenvalue weighted by atomic mass is 10.1. The van der Waals surface area contributed by atoms with Crippen LogP contribution in [0.1, 0.15) is 21.5 Å². The summed E-state index contributed by atoms with van der Waals surface area (Å²) in [5.74, 6) is -0.537. The lowest BCUT2D eigenvalue weighted by molar-refractivity contribution is 0.0471. The molecular weight excluding hydrogens is 398 g/mol. The first-order valence-corrected chi connectivity index (χ1v) is 11.6. The fraction of sp³-hybridized carbons (Fsp3) is 0.350. The van der Waals surface area contributed by atoms with E-state index in [9.17, 15) is 13.2 Å². The highest BCUT2D eigenvalue weighted by atomic mass is 32.2. The molecule has 1 aliphatic heterocycles. The van der Waals surface area contributed by atoms with E-state index in [1.165, 1.54) is 16.4 Å². The molecule has 0 spiro atoms. The SMILES string of the molecule is CSc1ccc(COC(=O)c2cc(S(=O)(=O)N3CCOCC3)ccc2C)cc1. The van der Waals surface area contributed by atoms with Crippen molar-refractivity contribution in [2.24, 2.45) is 0 Å². The zero-order valence-electron chi connectivity index (χ0n) is 15.9. The summed E-state index contributed by atoms with van der Waals surface area (Å²) >= 11 is 1.64. The summed E-state index contributed by atoms with van der Waals surface area (Å²) in [5.41, 5.74) is 1.81. The first kappa shape index (κ1) is 20.9. The summed E-state index contributed by atoms with van der Waals surface area (Å²) in [5, 5.41) is 0. The second-order valence-corrected chi connectivity index (χ2v) is 9.23. The van der Waals surface area contributed by atoms with E-state index >= 15 is 0 Å². The number of carbonyl (C=O) groups is 1. The van der Waals surface area contributed by atoms with E-state index < -0.39 is 16.0 Å². The van der Waals surface area contributed by atoms with Gasteiger partial charge in [0.1, 0.15) is 6.61 Å². The van der Waals surface area contributed by atoms with Crippen LogP contribution in [0.2, 0.25) is 0 Å². The standard InChI is InChI=1S/C20H23NO5S2/c1-15-3-8-18(28(23,24)21-9-11-25-12-10-21)13-19(15)20(22)26-14-16-4-6-17(27-2)7-5-16/h3-8,13H,9-12,14H2,1-2H3. The van der Waals surface area contributed by atoms with Gasteiger partial charge < -0.3 is 9.47 Å². The maximum absolute atomic E-state index is 12.8. The Bertz CT molecular complexity index is 936. The average Bonchev–Trinajstić information content (AvgIpc) is 2.73. The highest BCUT2D eigenvalue weighted by Crippen LogP contribution is 2.22. The molecule has 2 aromatic rings. The van der Waals surface area contributed by atoms with Gasteiger partial charge in [-0.1, -0.05) is 18.2 Å². The lowest BCUT2D eigenvalue weighted by Gasteiger charge is -2.26. The van der Waals surface area contributed by atoms with Gasteiger partial charge in [-0.25, -0.2) is 13.2 Å². The topological polar surface area (TPSA) is 72.9 Å². The van der Waals surface area contributed by atoms with E-state index in [1.54, 1.807) is 24.8 Å². The van der Waals surface area contributed by atoms with E-state index in [-0.39, 0.29) is 17.1 Å². The molecule has 6 nitrogen and oxygen atoms in total. The van der Waals surface area contributed by atoms with E-state index in [4.69, 9.17) is 9.47 Å². The van der Waals surface area contributed by atoms with Crippen LogP contribution in [0.4, 0.5) is 0 Å². The van der Waals surface area contributed by atoms with Crippen molar-refractivity contribution in [2.75, 3.05) is 32.6 Å². The molecule has 0 aliphatic carbocycles. The van der Waals surface area contributed by atoms with Crippen LogP contribution in [0.25, 0.3) is 0 Å². The lowest BCUT2D eigenvalue weighted by Crippen LogP contribution is -2.40. The van der Waals surface area contributed by atoms with Crippen molar-refractivity contribution in [1.29, 1.82) is 0 Å². The molecule has 0 N–H and O–H groups in total. The van der Waals surface area contributed by atoms with Gasteiger partial charge in [-0.2, -0.15) is 4.31 Å². The Morgan fingerprint density at radius 2 is 1.82 bits per heavy atom. The average molecular weight is 422 g/mol. The van der Waals surface area contributed by atoms with E-state index in [0.29, 0.717) is 31.9 Å². The molecule has 0 bridgehead atoms. The minimum Gasteiger partial charge on any atom is -0.457 e. The van der Waals surface area contributed by atoms with E-state index in [2.05, 4.69) is 0 Å². The molecule has 150 valence electrons. The normalized spacial score (nSPS) is 15.4. The molecule has 1 saturated heterocycles. The van der Waals surface area contributed by atoms with Gasteiger partial charge in [0.05, 0.1) is 23.7 Å². The van der Waals surface area contributed by atoms with E-state index in [1.807, 2.05) is 30.5 Å². The summed E-state index contributed by atoms with van der Waals surface area (Å²) in [6.07, 6.45) is 2.00. The van der Waals surface area contributed by atoms with Gasteiger partial charge in [0, 0.05) is 18.0 Å². The summed E-state index contributed by atoms with van der Waals surface area (Å²) < 4.78 is 37.7. The third-order valence-electron chi connectivity index (χ3n) is 4.57. The molecular formula is C20H23NO5S2. The number of morpholine rings is 1. The predicted octanol–water partition coefficient (Wildman–Crippen LogP) is 3.09. The van der Waals surface area contributed by atoms with Crippen LogP contribution >= 0.6 is 11.8 Å². The molecule has 1 fully saturated rings. The summed E-state index contributed by atoms with van der Waals surface area (Å²) in [4.78, 5) is 13.8. The maximum Gasteiger partial charge on any atom is 0.338 e. The third-order valence-corrected chi connectivity index (χ3v) is 7.20. The molecule has 1 aliphatic rings. The largest absolute Gasteiger partial charge is 0.457 e. The fourth-order valence-corrected chi connectivity index (χ4v) is 4.71. The number of nitrogens with zero attached hydrogens (tertiary/aromatic N) is 1. The smallest absolute Gasteiger partial charge is 0.338 e. The van der Waals surface area contributed by atoms with Gasteiger partial charge in [-0.3, -0.25) is 0 Å². The Morgan fingerprint density at radius 1 is 1.14 bits per heavy atom. The van der Waals surface area contributed by atoms with Crippen LogP contribution in [0, 0.1) is 6.92 Å². The second kappa shape index (κ2) is 9.09. The molecule has 28 heavy (non-hydrogen) atoms. The van der Waals surface area contributed by atoms with Gasteiger partial charge in [-0.15, -0.1) is 11.8 Å². The Balaban J connectivity index is 1.75. The van der Waals surface area contributed by atoms with Crippen molar-refractivity contribution in [1.82, 2.24) is 4.31 Å². The monoisotopic (exact) mass is 421 g/mol. The number of benzene rings is 2. The van der Waals surface area contributed by atoms with Crippen molar-refractivity contribution in [2.45, 2.75) is 23.3 Å². The number of hydrogen-bond donors (Lipinski definition) is 0. The molecule has 0 unspecified atom stereocenters. The molecule has 0 amide bonds. The highest BCUT2D eigenvalue weighted by molar-refractivity contribution is 7.98. The molecule has 1 heterocycles. The van der Waals surface area contributed by atoms with Crippen molar-refractivity contribution >= 4 is 27.8 Å². The second-order valence-electron chi connectivity index (χ2n) is 6.42. The van der Waals surface area contributed by atoms with Crippen molar-refractivity contribution < 1.29 is 22.7 Å². The number of esters is 1. The Morgan fingerprint density at radius 3 is 2.46 bits per heavy atom. The summed E-state index contributed by atoms with van der Waals surface area (Å²) in [7, 11) is -3.67. The van der Waals surface area contributed by atoms with Crippen LogP contribution in [-0.2, 0) is 26.1 Å². The quantitative estimate of drug-likeness (QED) is 0.527. The summed E-state index contributed by atoms with van der Waals surface area (Å²) in [6.45, 7) is 3.25. The molecule has 8 heteroatoms. The molecule has 0 atom stereocenters. The van der Waals surface area contributed by atoms with Crippen molar-refractivity contribution in [3.8, 4) is 0 Å². The fourth-order valence-electron chi connectivity index (χ4n) is 2.87. The molecule has 0 aromatic heterocycles. The number of carbonyl (C=O) groups excluding carboxylic acids is 1. The van der Waals surface area contributed by atoms with Crippen molar-refractivity contribution in [3.63, 3.8) is 0 Å². The van der Waals surface area contributed by atoms with Gasteiger partial charge in [0.25, 0.3) is 0 Å². The van der Waals surface area contributed by atoms with Crippen LogP contribution < -0.4 is 0 Å². The molecule has 2 aromatic carbocycles.